The second-order valence-electron chi connectivity index (χ2n) is 10.3. The molecule has 0 aliphatic heterocycles. The number of halogens is 3. The molecule has 4 rings (SSSR count). The summed E-state index contributed by atoms with van der Waals surface area (Å²) in [5, 5.41) is -0.317. The molecule has 32 heavy (non-hydrogen) atoms. The summed E-state index contributed by atoms with van der Waals surface area (Å²) < 4.78 is 32.8. The van der Waals surface area contributed by atoms with Crippen LogP contribution in [-0.4, -0.2) is 5.97 Å². The molecule has 1 aromatic carbocycles. The van der Waals surface area contributed by atoms with Crippen LogP contribution in [0.15, 0.2) is 24.8 Å². The topological polar surface area (TPSA) is 26.3 Å². The molecular formula is C27H35ClF2O2. The van der Waals surface area contributed by atoms with Crippen molar-refractivity contribution in [2.45, 2.75) is 77.0 Å². The third-order valence-corrected chi connectivity index (χ3v) is 8.82. The van der Waals surface area contributed by atoms with Gasteiger partial charge in [0.05, 0.1) is 10.9 Å². The fraction of sp³-hybridized carbons (Fsp3) is 0.667. The minimum absolute atomic E-state index is 0.235. The number of hydrogen-bond donors (Lipinski definition) is 0. The molecule has 0 bridgehead atoms. The van der Waals surface area contributed by atoms with Gasteiger partial charge in [0.15, 0.2) is 11.6 Å². The van der Waals surface area contributed by atoms with Gasteiger partial charge >= 0.3 is 5.97 Å². The molecule has 0 heterocycles. The molecule has 3 aliphatic carbocycles. The molecule has 0 saturated heterocycles. The minimum atomic E-state index is -1.20. The maximum atomic E-state index is 14.0. The van der Waals surface area contributed by atoms with Gasteiger partial charge in [-0.25, -0.2) is 4.39 Å². The van der Waals surface area contributed by atoms with Gasteiger partial charge in [0.1, 0.15) is 0 Å². The Bertz CT molecular complexity index is 818. The molecule has 5 heteroatoms. The SMILES string of the molecule is C=CCCC1CCC2CC(C3CCC(C(=O)Oc4ccc(Cl)c(F)c4F)CC3)CCC2C1. The number of hydrogen-bond acceptors (Lipinski definition) is 2. The van der Waals surface area contributed by atoms with E-state index in [1.807, 2.05) is 0 Å². The maximum Gasteiger partial charge on any atom is 0.314 e. The lowest BCUT2D eigenvalue weighted by atomic mass is 9.60. The van der Waals surface area contributed by atoms with Crippen LogP contribution in [0.2, 0.25) is 5.02 Å². The second kappa shape index (κ2) is 10.7. The summed E-state index contributed by atoms with van der Waals surface area (Å²) in [6.07, 6.45) is 16.3. The molecule has 3 fully saturated rings. The first kappa shape index (κ1) is 23.7. The van der Waals surface area contributed by atoms with Gasteiger partial charge in [0.2, 0.25) is 5.82 Å². The van der Waals surface area contributed by atoms with Crippen molar-refractivity contribution in [1.29, 1.82) is 0 Å². The van der Waals surface area contributed by atoms with Crippen molar-refractivity contribution in [2.75, 3.05) is 0 Å². The highest BCUT2D eigenvalue weighted by molar-refractivity contribution is 6.30. The molecule has 3 aliphatic rings. The Kier molecular flexibility index (Phi) is 7.91. The van der Waals surface area contributed by atoms with Crippen LogP contribution < -0.4 is 4.74 Å². The van der Waals surface area contributed by atoms with Gasteiger partial charge in [-0.2, -0.15) is 4.39 Å². The van der Waals surface area contributed by atoms with E-state index in [1.165, 1.54) is 57.1 Å². The van der Waals surface area contributed by atoms with Crippen LogP contribution in [0.3, 0.4) is 0 Å². The zero-order valence-corrected chi connectivity index (χ0v) is 19.6. The third-order valence-electron chi connectivity index (χ3n) is 8.52. The van der Waals surface area contributed by atoms with Crippen LogP contribution in [0.4, 0.5) is 8.78 Å². The average molecular weight is 465 g/mol. The number of esters is 1. The standard InChI is InChI=1S/C27H35ClF2O2/c1-2-3-4-17-5-6-22-16-21(12-11-20(22)15-17)18-7-9-19(10-8-18)27(31)32-24-14-13-23(28)25(29)26(24)30/h2,13-14,17-22H,1,3-12,15-16H2. The van der Waals surface area contributed by atoms with Crippen LogP contribution in [0.5, 0.6) is 5.75 Å². The van der Waals surface area contributed by atoms with E-state index >= 15 is 0 Å². The molecule has 0 aromatic heterocycles. The van der Waals surface area contributed by atoms with Gasteiger partial charge in [-0.15, -0.1) is 6.58 Å². The van der Waals surface area contributed by atoms with E-state index in [1.54, 1.807) is 0 Å². The Balaban J connectivity index is 1.24. The molecule has 3 saturated carbocycles. The molecule has 4 unspecified atom stereocenters. The van der Waals surface area contributed by atoms with Crippen molar-refractivity contribution in [3.8, 4) is 5.75 Å². The zero-order valence-electron chi connectivity index (χ0n) is 18.8. The van der Waals surface area contributed by atoms with Gasteiger partial charge in [-0.3, -0.25) is 4.79 Å². The molecule has 2 nitrogen and oxygen atoms in total. The van der Waals surface area contributed by atoms with E-state index in [4.69, 9.17) is 16.3 Å². The number of carbonyl (C=O) groups excluding carboxylic acids is 1. The predicted molar refractivity (Wildman–Crippen MR) is 124 cm³/mol. The number of allylic oxidation sites excluding steroid dienone is 1. The first-order chi connectivity index (χ1) is 15.5. The van der Waals surface area contributed by atoms with E-state index in [0.717, 1.165) is 55.8 Å². The van der Waals surface area contributed by atoms with Crippen molar-refractivity contribution >= 4 is 17.6 Å². The molecule has 0 spiro atoms. The number of fused-ring (bicyclic) bond motifs is 1. The molecule has 4 atom stereocenters. The van der Waals surface area contributed by atoms with Gasteiger partial charge in [0, 0.05) is 0 Å². The molecule has 176 valence electrons. The highest BCUT2D eigenvalue weighted by Gasteiger charge is 2.39. The molecule has 1 aromatic rings. The lowest BCUT2D eigenvalue weighted by Gasteiger charge is -2.45. The van der Waals surface area contributed by atoms with Crippen molar-refractivity contribution in [1.82, 2.24) is 0 Å². The number of benzene rings is 1. The summed E-state index contributed by atoms with van der Waals surface area (Å²) in [7, 11) is 0. The lowest BCUT2D eigenvalue weighted by molar-refractivity contribution is -0.140. The quantitative estimate of drug-likeness (QED) is 0.184. The third kappa shape index (κ3) is 5.38. The first-order valence-corrected chi connectivity index (χ1v) is 12.8. The molecule has 0 N–H and O–H groups in total. The van der Waals surface area contributed by atoms with E-state index in [2.05, 4.69) is 12.7 Å². The first-order valence-electron chi connectivity index (χ1n) is 12.4. The normalized spacial score (nSPS) is 32.7. The summed E-state index contributed by atoms with van der Waals surface area (Å²) >= 11 is 5.57. The highest BCUT2D eigenvalue weighted by atomic mass is 35.5. The van der Waals surface area contributed by atoms with Gasteiger partial charge in [0.25, 0.3) is 0 Å². The fourth-order valence-electron chi connectivity index (χ4n) is 6.67. The molecule has 0 radical (unpaired) electrons. The van der Waals surface area contributed by atoms with E-state index < -0.39 is 17.6 Å². The largest absolute Gasteiger partial charge is 0.423 e. The van der Waals surface area contributed by atoms with Crippen molar-refractivity contribution < 1.29 is 18.3 Å². The number of carbonyl (C=O) groups is 1. The van der Waals surface area contributed by atoms with Crippen LogP contribution >= 0.6 is 11.6 Å². The average Bonchev–Trinajstić information content (AvgIpc) is 2.82. The predicted octanol–water partition coefficient (Wildman–Crippen LogP) is 8.13. The summed E-state index contributed by atoms with van der Waals surface area (Å²) in [5.74, 6) is 0.722. The summed E-state index contributed by atoms with van der Waals surface area (Å²) in [6, 6.07) is 2.43. The van der Waals surface area contributed by atoms with Gasteiger partial charge in [-0.05, 0) is 112 Å². The van der Waals surface area contributed by atoms with E-state index in [9.17, 15) is 13.6 Å². The van der Waals surface area contributed by atoms with Crippen LogP contribution in [0, 0.1) is 47.1 Å². The van der Waals surface area contributed by atoms with Crippen molar-refractivity contribution in [3.63, 3.8) is 0 Å². The molecular weight excluding hydrogens is 430 g/mol. The van der Waals surface area contributed by atoms with Crippen molar-refractivity contribution in [3.05, 3.63) is 41.4 Å². The zero-order chi connectivity index (χ0) is 22.7. The number of rotatable bonds is 6. The van der Waals surface area contributed by atoms with Crippen LogP contribution in [-0.2, 0) is 4.79 Å². The summed E-state index contributed by atoms with van der Waals surface area (Å²) in [6.45, 7) is 3.87. The summed E-state index contributed by atoms with van der Waals surface area (Å²) in [4.78, 5) is 12.5. The Labute approximate surface area is 195 Å². The van der Waals surface area contributed by atoms with Crippen LogP contribution in [0.1, 0.15) is 77.0 Å². The summed E-state index contributed by atoms with van der Waals surface area (Å²) in [5.41, 5.74) is 0. The second-order valence-corrected chi connectivity index (χ2v) is 10.8. The van der Waals surface area contributed by atoms with Crippen molar-refractivity contribution in [2.24, 2.45) is 35.5 Å². The fourth-order valence-corrected chi connectivity index (χ4v) is 6.82. The van der Waals surface area contributed by atoms with Crippen LogP contribution in [0.25, 0.3) is 0 Å². The monoisotopic (exact) mass is 464 g/mol. The smallest absolute Gasteiger partial charge is 0.314 e. The molecule has 0 amide bonds. The minimum Gasteiger partial charge on any atom is -0.423 e. The maximum absolute atomic E-state index is 14.0. The lowest BCUT2D eigenvalue weighted by Crippen LogP contribution is -2.35. The Morgan fingerprint density at radius 2 is 1.56 bits per heavy atom. The number of ether oxygens (including phenoxy) is 1. The Hall–Kier alpha value is -1.42. The van der Waals surface area contributed by atoms with Gasteiger partial charge in [-0.1, -0.05) is 24.1 Å². The Morgan fingerprint density at radius 1 is 0.938 bits per heavy atom. The van der Waals surface area contributed by atoms with Gasteiger partial charge < -0.3 is 4.74 Å². The highest BCUT2D eigenvalue weighted by Crippen LogP contribution is 2.49. The Morgan fingerprint density at radius 3 is 2.28 bits per heavy atom. The van der Waals surface area contributed by atoms with E-state index in [-0.39, 0.29) is 16.7 Å². The van der Waals surface area contributed by atoms with E-state index in [0.29, 0.717) is 5.92 Å².